The largest absolute Gasteiger partial charge is 0.444 e. The predicted molar refractivity (Wildman–Crippen MR) is 84.0 cm³/mol. The van der Waals surface area contributed by atoms with Gasteiger partial charge in [-0.1, -0.05) is 18.2 Å². The van der Waals surface area contributed by atoms with E-state index < -0.39 is 0 Å². The van der Waals surface area contributed by atoms with Crippen molar-refractivity contribution in [3.63, 3.8) is 0 Å². The molecule has 1 aliphatic rings. The van der Waals surface area contributed by atoms with Crippen LogP contribution in [0.3, 0.4) is 0 Å². The van der Waals surface area contributed by atoms with Crippen molar-refractivity contribution in [1.29, 1.82) is 0 Å². The number of hydrogen-bond donors (Lipinski definition) is 2. The molecule has 1 fully saturated rings. The van der Waals surface area contributed by atoms with Crippen LogP contribution in [0.2, 0.25) is 0 Å². The molecule has 2 aromatic rings. The Morgan fingerprint density at radius 1 is 1.36 bits per heavy atom. The molecule has 1 unspecified atom stereocenters. The molecule has 3 rings (SSSR count). The van der Waals surface area contributed by atoms with E-state index in [1.165, 1.54) is 6.42 Å². The Balaban J connectivity index is 1.45. The van der Waals surface area contributed by atoms with Crippen LogP contribution in [-0.2, 0) is 11.3 Å². The van der Waals surface area contributed by atoms with Crippen molar-refractivity contribution in [2.24, 2.45) is 5.92 Å². The van der Waals surface area contributed by atoms with Gasteiger partial charge in [0.2, 0.25) is 11.8 Å². The first-order valence-electron chi connectivity index (χ1n) is 7.78. The number of amides is 1. The number of nitrogens with zero attached hydrogens (tertiary/aromatic N) is 1. The topological polar surface area (TPSA) is 67.2 Å². The van der Waals surface area contributed by atoms with E-state index in [9.17, 15) is 4.79 Å². The lowest BCUT2D eigenvalue weighted by Crippen LogP contribution is -2.23. The van der Waals surface area contributed by atoms with Gasteiger partial charge in [0.15, 0.2) is 0 Å². The van der Waals surface area contributed by atoms with E-state index in [1.54, 1.807) is 6.26 Å². The molecule has 2 N–H and O–H groups in total. The van der Waals surface area contributed by atoms with Crippen LogP contribution < -0.4 is 10.6 Å². The number of rotatable bonds is 6. The van der Waals surface area contributed by atoms with Gasteiger partial charge in [-0.15, -0.1) is 0 Å². The van der Waals surface area contributed by atoms with Crippen LogP contribution in [-0.4, -0.2) is 24.0 Å². The molecular weight excluding hydrogens is 278 g/mol. The molecule has 1 saturated heterocycles. The maximum atomic E-state index is 11.9. The summed E-state index contributed by atoms with van der Waals surface area (Å²) >= 11 is 0. The van der Waals surface area contributed by atoms with Crippen LogP contribution in [0.4, 0.5) is 0 Å². The van der Waals surface area contributed by atoms with Crippen molar-refractivity contribution in [1.82, 2.24) is 15.6 Å². The van der Waals surface area contributed by atoms with Gasteiger partial charge in [-0.3, -0.25) is 4.79 Å². The molecule has 2 heterocycles. The molecule has 0 aliphatic carbocycles. The van der Waals surface area contributed by atoms with Gasteiger partial charge in [0.25, 0.3) is 0 Å². The van der Waals surface area contributed by atoms with Gasteiger partial charge < -0.3 is 15.1 Å². The molecular formula is C17H21N3O2. The maximum absolute atomic E-state index is 11.9. The monoisotopic (exact) mass is 299 g/mol. The smallest absolute Gasteiger partial charge is 0.226 e. The summed E-state index contributed by atoms with van der Waals surface area (Å²) in [5, 5.41) is 6.22. The SMILES string of the molecule is O=C(CCC1CCNC1)NCc1coc(-c2ccccc2)n1. The number of nitrogens with one attached hydrogen (secondary N) is 2. The molecule has 1 amide bonds. The van der Waals surface area contributed by atoms with E-state index in [0.717, 1.165) is 30.8 Å². The molecule has 1 atom stereocenters. The molecule has 5 heteroatoms. The maximum Gasteiger partial charge on any atom is 0.226 e. The fraction of sp³-hybridized carbons (Fsp3) is 0.412. The predicted octanol–water partition coefficient (Wildman–Crippen LogP) is 2.35. The van der Waals surface area contributed by atoms with Crippen molar-refractivity contribution in [2.75, 3.05) is 13.1 Å². The van der Waals surface area contributed by atoms with Crippen molar-refractivity contribution in [3.8, 4) is 11.5 Å². The first kappa shape index (κ1) is 14.8. The number of carbonyl (C=O) groups excluding carboxylic acids is 1. The highest BCUT2D eigenvalue weighted by Gasteiger charge is 2.15. The van der Waals surface area contributed by atoms with Gasteiger partial charge in [0.1, 0.15) is 6.26 Å². The van der Waals surface area contributed by atoms with Gasteiger partial charge >= 0.3 is 0 Å². The average Bonchev–Trinajstić information content (AvgIpc) is 3.23. The Labute approximate surface area is 130 Å². The van der Waals surface area contributed by atoms with Crippen LogP contribution in [0.25, 0.3) is 11.5 Å². The van der Waals surface area contributed by atoms with Gasteiger partial charge in [0, 0.05) is 12.0 Å². The van der Waals surface area contributed by atoms with E-state index in [1.807, 2.05) is 30.3 Å². The summed E-state index contributed by atoms with van der Waals surface area (Å²) in [6.07, 6.45) is 4.31. The highest BCUT2D eigenvalue weighted by molar-refractivity contribution is 5.75. The fourth-order valence-electron chi connectivity index (χ4n) is 2.68. The molecule has 22 heavy (non-hydrogen) atoms. The minimum absolute atomic E-state index is 0.0798. The molecule has 0 spiro atoms. The number of benzene rings is 1. The minimum atomic E-state index is 0.0798. The number of carbonyl (C=O) groups is 1. The van der Waals surface area contributed by atoms with Crippen LogP contribution >= 0.6 is 0 Å². The van der Waals surface area contributed by atoms with Crippen molar-refractivity contribution >= 4 is 5.91 Å². The van der Waals surface area contributed by atoms with Gasteiger partial charge in [-0.2, -0.15) is 0 Å². The molecule has 1 aliphatic heterocycles. The zero-order valence-electron chi connectivity index (χ0n) is 12.5. The van der Waals surface area contributed by atoms with Gasteiger partial charge in [-0.05, 0) is 44.0 Å². The van der Waals surface area contributed by atoms with E-state index in [0.29, 0.717) is 24.8 Å². The third-order valence-electron chi connectivity index (χ3n) is 3.98. The minimum Gasteiger partial charge on any atom is -0.444 e. The Bertz CT molecular complexity index is 603. The Hall–Kier alpha value is -2.14. The second-order valence-corrected chi connectivity index (χ2v) is 5.68. The van der Waals surface area contributed by atoms with Crippen LogP contribution in [0, 0.1) is 5.92 Å². The van der Waals surface area contributed by atoms with Gasteiger partial charge in [0.05, 0.1) is 12.2 Å². The summed E-state index contributed by atoms with van der Waals surface area (Å²) in [5.74, 6) is 1.31. The summed E-state index contributed by atoms with van der Waals surface area (Å²) in [7, 11) is 0. The van der Waals surface area contributed by atoms with E-state index in [2.05, 4.69) is 15.6 Å². The quantitative estimate of drug-likeness (QED) is 0.859. The highest BCUT2D eigenvalue weighted by Crippen LogP contribution is 2.18. The summed E-state index contributed by atoms with van der Waals surface area (Å²) in [5.41, 5.74) is 1.68. The Morgan fingerprint density at radius 3 is 3.00 bits per heavy atom. The lowest BCUT2D eigenvalue weighted by molar-refractivity contribution is -0.121. The second kappa shape index (κ2) is 7.22. The first-order chi connectivity index (χ1) is 10.8. The summed E-state index contributed by atoms with van der Waals surface area (Å²) in [6, 6.07) is 9.73. The summed E-state index contributed by atoms with van der Waals surface area (Å²) in [6.45, 7) is 2.53. The van der Waals surface area contributed by atoms with Crippen LogP contribution in [0.15, 0.2) is 41.0 Å². The van der Waals surface area contributed by atoms with E-state index in [4.69, 9.17) is 4.42 Å². The third kappa shape index (κ3) is 3.95. The van der Waals surface area contributed by atoms with Crippen molar-refractivity contribution in [3.05, 3.63) is 42.3 Å². The van der Waals surface area contributed by atoms with Crippen LogP contribution in [0.5, 0.6) is 0 Å². The summed E-state index contributed by atoms with van der Waals surface area (Å²) in [4.78, 5) is 16.3. The van der Waals surface area contributed by atoms with E-state index in [-0.39, 0.29) is 5.91 Å². The normalized spacial score (nSPS) is 17.5. The Morgan fingerprint density at radius 2 is 2.23 bits per heavy atom. The molecule has 0 bridgehead atoms. The van der Waals surface area contributed by atoms with Crippen molar-refractivity contribution < 1.29 is 9.21 Å². The van der Waals surface area contributed by atoms with Crippen LogP contribution in [0.1, 0.15) is 25.0 Å². The standard InChI is InChI=1S/C17H21N3O2/c21-16(7-6-13-8-9-18-10-13)19-11-15-12-22-17(20-15)14-4-2-1-3-5-14/h1-5,12-13,18H,6-11H2,(H,19,21). The molecule has 0 saturated carbocycles. The highest BCUT2D eigenvalue weighted by atomic mass is 16.3. The number of oxazole rings is 1. The molecule has 1 aromatic carbocycles. The van der Waals surface area contributed by atoms with Gasteiger partial charge in [-0.25, -0.2) is 4.98 Å². The fourth-order valence-corrected chi connectivity index (χ4v) is 2.68. The summed E-state index contributed by atoms with van der Waals surface area (Å²) < 4.78 is 5.45. The number of aromatic nitrogens is 1. The average molecular weight is 299 g/mol. The molecule has 1 aromatic heterocycles. The lowest BCUT2D eigenvalue weighted by atomic mass is 10.0. The molecule has 0 radical (unpaired) electrons. The van der Waals surface area contributed by atoms with Crippen molar-refractivity contribution in [2.45, 2.75) is 25.8 Å². The lowest BCUT2D eigenvalue weighted by Gasteiger charge is -2.07. The van der Waals surface area contributed by atoms with E-state index >= 15 is 0 Å². The third-order valence-corrected chi connectivity index (χ3v) is 3.98. The Kier molecular flexibility index (Phi) is 4.85. The number of hydrogen-bond acceptors (Lipinski definition) is 4. The molecule has 116 valence electrons. The zero-order chi connectivity index (χ0) is 15.2. The second-order valence-electron chi connectivity index (χ2n) is 5.68. The zero-order valence-corrected chi connectivity index (χ0v) is 12.5. The first-order valence-corrected chi connectivity index (χ1v) is 7.78. The molecule has 5 nitrogen and oxygen atoms in total.